The van der Waals surface area contributed by atoms with E-state index in [1.807, 2.05) is 72.8 Å². The van der Waals surface area contributed by atoms with Crippen molar-refractivity contribution in [3.8, 4) is 28.6 Å². The second-order valence-corrected chi connectivity index (χ2v) is 7.05. The molecule has 3 aromatic carbocycles. The molecule has 0 bridgehead atoms. The highest BCUT2D eigenvalue weighted by Gasteiger charge is 2.08. The maximum atomic E-state index is 6.16. The van der Waals surface area contributed by atoms with E-state index >= 15 is 0 Å². The van der Waals surface area contributed by atoms with Gasteiger partial charge in [-0.3, -0.25) is 4.99 Å². The predicted molar refractivity (Wildman–Crippen MR) is 122 cm³/mol. The van der Waals surface area contributed by atoms with E-state index in [1.165, 1.54) is 0 Å². The van der Waals surface area contributed by atoms with Gasteiger partial charge in [-0.15, -0.1) is 0 Å². The summed E-state index contributed by atoms with van der Waals surface area (Å²) in [5, 5.41) is 1.80. The molecule has 0 fully saturated rings. The van der Waals surface area contributed by atoms with Gasteiger partial charge in [-0.05, 0) is 42.3 Å². The molecule has 0 amide bonds. The number of methoxy groups -OCH3 is 3. The molecule has 4 aromatic rings. The number of hydrogen-bond donors (Lipinski definition) is 0. The van der Waals surface area contributed by atoms with E-state index in [0.29, 0.717) is 6.54 Å². The van der Waals surface area contributed by atoms with Crippen molar-refractivity contribution in [3.63, 3.8) is 0 Å². The summed E-state index contributed by atoms with van der Waals surface area (Å²) in [5.41, 5.74) is 2.91. The van der Waals surface area contributed by atoms with Gasteiger partial charge in [-0.25, -0.2) is 0 Å². The maximum absolute atomic E-state index is 6.16. The SMILES string of the molecule is COc1ccc2oc(-c3ccccc3)cc(=NCCc3ccc(OC)c(OC)c3)c2c1. The van der Waals surface area contributed by atoms with Gasteiger partial charge in [0.25, 0.3) is 0 Å². The van der Waals surface area contributed by atoms with Crippen LogP contribution < -0.4 is 19.6 Å². The van der Waals surface area contributed by atoms with Gasteiger partial charge in [0.1, 0.15) is 17.1 Å². The van der Waals surface area contributed by atoms with Crippen LogP contribution in [0.25, 0.3) is 22.3 Å². The van der Waals surface area contributed by atoms with Crippen molar-refractivity contribution >= 4 is 11.0 Å². The van der Waals surface area contributed by atoms with Crippen LogP contribution in [0.1, 0.15) is 5.56 Å². The summed E-state index contributed by atoms with van der Waals surface area (Å²) in [7, 11) is 4.94. The lowest BCUT2D eigenvalue weighted by atomic mass is 10.1. The molecule has 0 radical (unpaired) electrons. The van der Waals surface area contributed by atoms with E-state index in [-0.39, 0.29) is 0 Å². The van der Waals surface area contributed by atoms with Gasteiger partial charge in [0.2, 0.25) is 0 Å². The Hall–Kier alpha value is -3.73. The molecule has 5 heteroatoms. The number of benzene rings is 3. The van der Waals surface area contributed by atoms with Crippen LogP contribution in [0.4, 0.5) is 0 Å². The first kappa shape index (κ1) is 20.5. The molecule has 1 aromatic heterocycles. The highest BCUT2D eigenvalue weighted by molar-refractivity contribution is 5.80. The number of hydrogen-bond acceptors (Lipinski definition) is 5. The Morgan fingerprint density at radius 1 is 0.774 bits per heavy atom. The first-order valence-electron chi connectivity index (χ1n) is 10.1. The minimum Gasteiger partial charge on any atom is -0.497 e. The van der Waals surface area contributed by atoms with Crippen molar-refractivity contribution in [2.24, 2.45) is 4.99 Å². The summed E-state index contributed by atoms with van der Waals surface area (Å²) < 4.78 is 22.3. The summed E-state index contributed by atoms with van der Waals surface area (Å²) in [6.07, 6.45) is 0.776. The molecule has 31 heavy (non-hydrogen) atoms. The van der Waals surface area contributed by atoms with Gasteiger partial charge < -0.3 is 18.6 Å². The van der Waals surface area contributed by atoms with Crippen LogP contribution >= 0.6 is 0 Å². The molecule has 5 nitrogen and oxygen atoms in total. The van der Waals surface area contributed by atoms with E-state index in [4.69, 9.17) is 23.6 Å². The second-order valence-electron chi connectivity index (χ2n) is 7.05. The first-order valence-corrected chi connectivity index (χ1v) is 10.1. The van der Waals surface area contributed by atoms with Gasteiger partial charge in [-0.1, -0.05) is 36.4 Å². The van der Waals surface area contributed by atoms with Gasteiger partial charge in [0.15, 0.2) is 11.5 Å². The standard InChI is InChI=1S/C26H25NO4/c1-28-20-10-12-23-21(16-20)22(17-25(31-23)19-7-5-4-6-8-19)27-14-13-18-9-11-24(29-2)26(15-18)30-3/h4-12,15-17H,13-14H2,1-3H3. The highest BCUT2D eigenvalue weighted by Crippen LogP contribution is 2.28. The smallest absolute Gasteiger partial charge is 0.160 e. The fraction of sp³-hybridized carbons (Fsp3) is 0.192. The molecule has 0 atom stereocenters. The van der Waals surface area contributed by atoms with E-state index in [1.54, 1.807) is 21.3 Å². The van der Waals surface area contributed by atoms with Crippen molar-refractivity contribution in [2.75, 3.05) is 27.9 Å². The molecular weight excluding hydrogens is 390 g/mol. The van der Waals surface area contributed by atoms with Gasteiger partial charge >= 0.3 is 0 Å². The quantitative estimate of drug-likeness (QED) is 0.413. The van der Waals surface area contributed by atoms with Crippen LogP contribution in [0.15, 0.2) is 82.2 Å². The molecule has 0 aliphatic heterocycles. The minimum atomic E-state index is 0.625. The summed E-state index contributed by atoms with van der Waals surface area (Å²) in [4.78, 5) is 4.90. The molecule has 0 spiro atoms. The van der Waals surface area contributed by atoms with Crippen molar-refractivity contribution in [1.29, 1.82) is 0 Å². The Labute approximate surface area is 181 Å². The van der Waals surface area contributed by atoms with Crippen LogP contribution in [0.3, 0.4) is 0 Å². The number of fused-ring (bicyclic) bond motifs is 1. The van der Waals surface area contributed by atoms with Crippen molar-refractivity contribution in [3.05, 3.63) is 83.7 Å². The van der Waals surface area contributed by atoms with Crippen molar-refractivity contribution in [2.45, 2.75) is 6.42 Å². The third kappa shape index (κ3) is 4.56. The van der Waals surface area contributed by atoms with Gasteiger partial charge in [0, 0.05) is 23.6 Å². The first-order chi connectivity index (χ1) is 15.2. The molecule has 4 rings (SSSR count). The lowest BCUT2D eigenvalue weighted by Crippen LogP contribution is -2.06. The normalized spacial score (nSPS) is 11.5. The maximum Gasteiger partial charge on any atom is 0.160 e. The monoisotopic (exact) mass is 415 g/mol. The fourth-order valence-corrected chi connectivity index (χ4v) is 3.49. The van der Waals surface area contributed by atoms with Crippen molar-refractivity contribution in [1.82, 2.24) is 0 Å². The Balaban J connectivity index is 1.71. The van der Waals surface area contributed by atoms with Crippen molar-refractivity contribution < 1.29 is 18.6 Å². The number of rotatable bonds is 7. The third-order valence-electron chi connectivity index (χ3n) is 5.14. The van der Waals surface area contributed by atoms with Gasteiger partial charge in [-0.2, -0.15) is 0 Å². The van der Waals surface area contributed by atoms with Gasteiger partial charge in [0.05, 0.1) is 26.7 Å². The number of ether oxygens (including phenoxy) is 3. The van der Waals surface area contributed by atoms with Crippen LogP contribution in [0.5, 0.6) is 17.2 Å². The zero-order valence-corrected chi connectivity index (χ0v) is 17.9. The average Bonchev–Trinajstić information content (AvgIpc) is 2.84. The summed E-state index contributed by atoms with van der Waals surface area (Å²) >= 11 is 0. The zero-order chi connectivity index (χ0) is 21.6. The molecule has 0 N–H and O–H groups in total. The van der Waals surface area contributed by atoms with Crippen LogP contribution in [0.2, 0.25) is 0 Å². The molecule has 0 unspecified atom stereocenters. The van der Waals surface area contributed by atoms with E-state index in [9.17, 15) is 0 Å². The minimum absolute atomic E-state index is 0.625. The topological polar surface area (TPSA) is 53.2 Å². The predicted octanol–water partition coefficient (Wildman–Crippen LogP) is 5.27. The average molecular weight is 415 g/mol. The van der Waals surface area contributed by atoms with E-state index < -0.39 is 0 Å². The lowest BCUT2D eigenvalue weighted by Gasteiger charge is -2.09. The molecule has 0 saturated carbocycles. The summed E-state index contributed by atoms with van der Waals surface area (Å²) in [6.45, 7) is 0.625. The third-order valence-corrected chi connectivity index (χ3v) is 5.14. The summed E-state index contributed by atoms with van der Waals surface area (Å²) in [5.74, 6) is 2.99. The Kier molecular flexibility index (Phi) is 6.22. The molecule has 158 valence electrons. The largest absolute Gasteiger partial charge is 0.497 e. The Morgan fingerprint density at radius 2 is 1.58 bits per heavy atom. The van der Waals surface area contributed by atoms with E-state index in [2.05, 4.69) is 0 Å². The molecule has 1 heterocycles. The molecular formula is C26H25NO4. The highest BCUT2D eigenvalue weighted by atomic mass is 16.5. The fourth-order valence-electron chi connectivity index (χ4n) is 3.49. The zero-order valence-electron chi connectivity index (χ0n) is 17.9. The van der Waals surface area contributed by atoms with E-state index in [0.717, 1.165) is 56.9 Å². The molecule has 0 aliphatic carbocycles. The summed E-state index contributed by atoms with van der Waals surface area (Å²) in [6, 6.07) is 23.8. The van der Waals surface area contributed by atoms with Crippen LogP contribution in [-0.4, -0.2) is 27.9 Å². The lowest BCUT2D eigenvalue weighted by molar-refractivity contribution is 0.354. The number of nitrogens with zero attached hydrogens (tertiary/aromatic N) is 1. The second kappa shape index (κ2) is 9.39. The van der Waals surface area contributed by atoms with Crippen LogP contribution in [0, 0.1) is 0 Å². The molecule has 0 saturated heterocycles. The molecule has 0 aliphatic rings. The van der Waals surface area contributed by atoms with Crippen LogP contribution in [-0.2, 0) is 6.42 Å². The Morgan fingerprint density at radius 3 is 2.32 bits per heavy atom. The Bertz CT molecular complexity index is 1250.